The maximum atomic E-state index is 7.43. The molecule has 6 nitrogen and oxygen atoms in total. The molecule has 0 spiro atoms. The minimum atomic E-state index is 0.0584. The number of aliphatic imine (C=N–C) groups is 1. The van der Waals surface area contributed by atoms with E-state index in [2.05, 4.69) is 41.2 Å². The highest BCUT2D eigenvalue weighted by atomic mass is 16.5. The first kappa shape index (κ1) is 21.9. The number of nitrogens with one attached hydrogen (secondary N) is 2. The summed E-state index contributed by atoms with van der Waals surface area (Å²) in [5.74, 6) is 0.0584. The lowest BCUT2D eigenvalue weighted by molar-refractivity contribution is 0.202. The fourth-order valence-electron chi connectivity index (χ4n) is 2.62. The molecule has 6 heteroatoms. The minimum absolute atomic E-state index is 0.0584. The van der Waals surface area contributed by atoms with Crippen LogP contribution in [0.25, 0.3) is 0 Å². The van der Waals surface area contributed by atoms with Gasteiger partial charge in [-0.15, -0.1) is 0 Å². The predicted molar refractivity (Wildman–Crippen MR) is 120 cm³/mol. The van der Waals surface area contributed by atoms with Crippen molar-refractivity contribution >= 4 is 12.1 Å². The Morgan fingerprint density at radius 1 is 1.10 bits per heavy atom. The third kappa shape index (κ3) is 7.27. The summed E-state index contributed by atoms with van der Waals surface area (Å²) in [6, 6.07) is 15.8. The van der Waals surface area contributed by atoms with Crippen molar-refractivity contribution in [2.75, 3.05) is 13.7 Å². The van der Waals surface area contributed by atoms with Crippen molar-refractivity contribution in [1.82, 2.24) is 5.32 Å². The van der Waals surface area contributed by atoms with Crippen LogP contribution < -0.4 is 16.8 Å². The number of hydrogen-bond donors (Lipinski definition) is 4. The first-order valence-electron chi connectivity index (χ1n) is 9.38. The number of rotatable bonds is 11. The molecule has 0 amide bonds. The number of nitrogens with zero attached hydrogens (tertiary/aromatic N) is 1. The van der Waals surface area contributed by atoms with Crippen LogP contribution in [0, 0.1) is 5.41 Å². The molecular formula is C23H29N5O. The minimum Gasteiger partial charge on any atom is -0.404 e. The van der Waals surface area contributed by atoms with Crippen molar-refractivity contribution in [3.05, 3.63) is 94.8 Å². The lowest BCUT2D eigenvalue weighted by Gasteiger charge is -2.10. The Morgan fingerprint density at radius 3 is 2.31 bits per heavy atom. The summed E-state index contributed by atoms with van der Waals surface area (Å²) in [6.07, 6.45) is 4.13. The molecule has 0 aromatic heterocycles. The number of allylic oxidation sites excluding steroid dienone is 1. The summed E-state index contributed by atoms with van der Waals surface area (Å²) in [5.41, 5.74) is 16.8. The molecule has 0 aliphatic heterocycles. The Bertz CT molecular complexity index is 867. The Morgan fingerprint density at radius 2 is 1.72 bits per heavy atom. The fourth-order valence-corrected chi connectivity index (χ4v) is 2.62. The zero-order chi connectivity index (χ0) is 21.1. The number of ether oxygens (including phenoxy) is 1. The Kier molecular flexibility index (Phi) is 8.66. The Hall–Kier alpha value is -3.38. The van der Waals surface area contributed by atoms with Crippen molar-refractivity contribution in [2.24, 2.45) is 16.5 Å². The number of benzene rings is 2. The summed E-state index contributed by atoms with van der Waals surface area (Å²) < 4.78 is 5.10. The molecule has 0 atom stereocenters. The van der Waals surface area contributed by atoms with Crippen LogP contribution in [0.5, 0.6) is 0 Å². The van der Waals surface area contributed by atoms with Crippen LogP contribution in [0.2, 0.25) is 0 Å². The summed E-state index contributed by atoms with van der Waals surface area (Å²) in [5, 5.41) is 10.7. The molecule has 0 aliphatic rings. The fraction of sp³-hybridized carbons (Fsp3) is 0.217. The van der Waals surface area contributed by atoms with E-state index in [1.807, 2.05) is 24.3 Å². The molecule has 0 bridgehead atoms. The number of amidine groups is 1. The van der Waals surface area contributed by atoms with E-state index in [4.69, 9.17) is 21.6 Å². The van der Waals surface area contributed by atoms with E-state index in [9.17, 15) is 0 Å². The molecule has 2 aromatic rings. The van der Waals surface area contributed by atoms with Gasteiger partial charge in [-0.25, -0.2) is 0 Å². The van der Waals surface area contributed by atoms with Crippen molar-refractivity contribution in [3.8, 4) is 0 Å². The highest BCUT2D eigenvalue weighted by Gasteiger charge is 2.02. The van der Waals surface area contributed by atoms with Gasteiger partial charge in [0.15, 0.2) is 0 Å². The van der Waals surface area contributed by atoms with Gasteiger partial charge in [-0.3, -0.25) is 10.4 Å². The van der Waals surface area contributed by atoms with Crippen LogP contribution >= 0.6 is 0 Å². The number of nitrogens with two attached hydrogens (primary N) is 2. The third-order valence-corrected chi connectivity index (χ3v) is 4.42. The molecule has 29 heavy (non-hydrogen) atoms. The van der Waals surface area contributed by atoms with Gasteiger partial charge in [-0.1, -0.05) is 55.1 Å². The van der Waals surface area contributed by atoms with Gasteiger partial charge in [0.25, 0.3) is 0 Å². The number of hydrogen-bond acceptors (Lipinski definition) is 5. The molecule has 0 unspecified atom stereocenters. The van der Waals surface area contributed by atoms with Gasteiger partial charge in [0, 0.05) is 42.9 Å². The van der Waals surface area contributed by atoms with Gasteiger partial charge < -0.3 is 21.5 Å². The SMILES string of the molecule is C=C(NCc1ccc(C(=N)N)cc1)/C(C=NCc1ccc(CCOC)cc1)=C/N. The van der Waals surface area contributed by atoms with Crippen LogP contribution in [0.3, 0.4) is 0 Å². The van der Waals surface area contributed by atoms with Gasteiger partial charge in [0.05, 0.1) is 13.2 Å². The van der Waals surface area contributed by atoms with Gasteiger partial charge >= 0.3 is 0 Å². The van der Waals surface area contributed by atoms with E-state index in [0.29, 0.717) is 24.4 Å². The van der Waals surface area contributed by atoms with Crippen LogP contribution in [0.4, 0.5) is 0 Å². The third-order valence-electron chi connectivity index (χ3n) is 4.42. The van der Waals surface area contributed by atoms with E-state index >= 15 is 0 Å². The normalized spacial score (nSPS) is 11.6. The topological polar surface area (TPSA) is 110 Å². The zero-order valence-corrected chi connectivity index (χ0v) is 16.8. The van der Waals surface area contributed by atoms with Crippen molar-refractivity contribution in [2.45, 2.75) is 19.5 Å². The molecular weight excluding hydrogens is 362 g/mol. The highest BCUT2D eigenvalue weighted by molar-refractivity contribution is 5.94. The van der Waals surface area contributed by atoms with Crippen LogP contribution in [0.15, 0.2) is 77.6 Å². The monoisotopic (exact) mass is 391 g/mol. The first-order valence-corrected chi connectivity index (χ1v) is 9.38. The van der Waals surface area contributed by atoms with Crippen LogP contribution in [-0.4, -0.2) is 25.8 Å². The average Bonchev–Trinajstić information content (AvgIpc) is 2.74. The second-order valence-corrected chi connectivity index (χ2v) is 6.59. The summed E-state index contributed by atoms with van der Waals surface area (Å²) in [7, 11) is 1.71. The van der Waals surface area contributed by atoms with E-state index in [-0.39, 0.29) is 5.84 Å². The second kappa shape index (κ2) is 11.5. The number of methoxy groups -OCH3 is 1. The molecule has 2 aromatic carbocycles. The maximum absolute atomic E-state index is 7.43. The van der Waals surface area contributed by atoms with Gasteiger partial charge in [0.2, 0.25) is 0 Å². The molecule has 0 aliphatic carbocycles. The van der Waals surface area contributed by atoms with E-state index in [1.54, 1.807) is 13.3 Å². The quantitative estimate of drug-likeness (QED) is 0.268. The predicted octanol–water partition coefficient (Wildman–Crippen LogP) is 2.88. The molecule has 0 saturated carbocycles. The van der Waals surface area contributed by atoms with Crippen molar-refractivity contribution in [3.63, 3.8) is 0 Å². The van der Waals surface area contributed by atoms with Crippen molar-refractivity contribution < 1.29 is 4.74 Å². The highest BCUT2D eigenvalue weighted by Crippen LogP contribution is 2.09. The molecule has 0 heterocycles. The van der Waals surface area contributed by atoms with Gasteiger partial charge in [-0.05, 0) is 23.1 Å². The summed E-state index contributed by atoms with van der Waals surface area (Å²) in [4.78, 5) is 4.48. The molecule has 152 valence electrons. The van der Waals surface area contributed by atoms with Gasteiger partial charge in [-0.2, -0.15) is 0 Å². The summed E-state index contributed by atoms with van der Waals surface area (Å²) >= 11 is 0. The zero-order valence-electron chi connectivity index (χ0n) is 16.8. The molecule has 2 rings (SSSR count). The molecule has 0 radical (unpaired) electrons. The largest absolute Gasteiger partial charge is 0.404 e. The number of nitrogen functional groups attached to an aromatic ring is 1. The lowest BCUT2D eigenvalue weighted by atomic mass is 10.1. The lowest BCUT2D eigenvalue weighted by Crippen LogP contribution is -2.15. The Labute approximate surface area is 172 Å². The summed E-state index contributed by atoms with van der Waals surface area (Å²) in [6.45, 7) is 5.92. The van der Waals surface area contributed by atoms with Crippen LogP contribution in [-0.2, 0) is 24.2 Å². The molecule has 6 N–H and O–H groups in total. The molecule has 0 saturated heterocycles. The van der Waals surface area contributed by atoms with Crippen molar-refractivity contribution in [1.29, 1.82) is 5.41 Å². The van der Waals surface area contributed by atoms with E-state index in [1.165, 1.54) is 11.8 Å². The average molecular weight is 392 g/mol. The standard InChI is InChI=1S/C23H29N5O/c1-17(28-15-20-7-9-21(10-8-20)23(25)26)22(13-24)16-27-14-19-5-3-18(4-6-19)11-12-29-2/h3-10,13,16,28H,1,11-12,14-15,24H2,2H3,(H3,25,26)/b22-13+,27-16?. The Balaban J connectivity index is 1.85. The van der Waals surface area contributed by atoms with E-state index in [0.717, 1.165) is 29.7 Å². The van der Waals surface area contributed by atoms with E-state index < -0.39 is 0 Å². The second-order valence-electron chi connectivity index (χ2n) is 6.59. The maximum Gasteiger partial charge on any atom is 0.122 e. The first-order chi connectivity index (χ1) is 14.0. The van der Waals surface area contributed by atoms with Crippen LogP contribution in [0.1, 0.15) is 22.3 Å². The smallest absolute Gasteiger partial charge is 0.122 e. The molecule has 0 fully saturated rings. The van der Waals surface area contributed by atoms with Gasteiger partial charge in [0.1, 0.15) is 5.84 Å².